The molecule has 1 aliphatic rings. The lowest BCUT2D eigenvalue weighted by Gasteiger charge is -2.16. The van der Waals surface area contributed by atoms with Crippen molar-refractivity contribution in [3.8, 4) is 23.0 Å². The first-order valence-electron chi connectivity index (χ1n) is 11.8. The zero-order chi connectivity index (χ0) is 24.8. The molecule has 8 heteroatoms. The van der Waals surface area contributed by atoms with E-state index < -0.39 is 0 Å². The molecule has 0 saturated carbocycles. The van der Waals surface area contributed by atoms with Crippen LogP contribution in [-0.2, 0) is 19.4 Å². The molecule has 0 aliphatic heterocycles. The van der Waals surface area contributed by atoms with E-state index in [-0.39, 0.29) is 5.91 Å². The van der Waals surface area contributed by atoms with Gasteiger partial charge in [0.1, 0.15) is 16.5 Å². The molecule has 1 amide bonds. The van der Waals surface area contributed by atoms with Crippen LogP contribution in [0.15, 0.2) is 36.4 Å². The van der Waals surface area contributed by atoms with E-state index in [0.29, 0.717) is 41.8 Å². The third-order valence-corrected chi connectivity index (χ3v) is 7.31. The Balaban J connectivity index is 1.64. The van der Waals surface area contributed by atoms with E-state index in [0.717, 1.165) is 47.4 Å². The zero-order valence-corrected chi connectivity index (χ0v) is 21.5. The van der Waals surface area contributed by atoms with Crippen LogP contribution in [0, 0.1) is 0 Å². The number of nitrogens with one attached hydrogen (secondary N) is 2. The number of thiophene rings is 1. The van der Waals surface area contributed by atoms with E-state index in [1.54, 1.807) is 32.7 Å². The first-order chi connectivity index (χ1) is 17.1. The predicted octanol–water partition coefficient (Wildman–Crippen LogP) is 5.92. The number of hydrogen-bond donors (Lipinski definition) is 2. The van der Waals surface area contributed by atoms with Gasteiger partial charge in [0, 0.05) is 23.1 Å². The Labute approximate surface area is 210 Å². The monoisotopic (exact) mass is 496 g/mol. The highest BCUT2D eigenvalue weighted by Gasteiger charge is 2.26. The van der Waals surface area contributed by atoms with Gasteiger partial charge in [-0.2, -0.15) is 0 Å². The highest BCUT2D eigenvalue weighted by Crippen LogP contribution is 2.40. The van der Waals surface area contributed by atoms with Crippen molar-refractivity contribution in [1.29, 1.82) is 0 Å². The minimum absolute atomic E-state index is 0.127. The summed E-state index contributed by atoms with van der Waals surface area (Å²) in [4.78, 5) is 14.9. The molecule has 0 fully saturated rings. The van der Waals surface area contributed by atoms with Crippen LogP contribution < -0.4 is 29.6 Å². The topological polar surface area (TPSA) is 78.1 Å². The summed E-state index contributed by atoms with van der Waals surface area (Å²) in [5.41, 5.74) is 3.44. The quantitative estimate of drug-likeness (QED) is 0.363. The van der Waals surface area contributed by atoms with E-state index in [9.17, 15) is 4.79 Å². The van der Waals surface area contributed by atoms with Crippen LogP contribution in [0.2, 0.25) is 0 Å². The second-order valence-electron chi connectivity index (χ2n) is 8.17. The van der Waals surface area contributed by atoms with Crippen LogP contribution in [0.3, 0.4) is 0 Å². The SMILES string of the molecule is CCOc1ccccc1NC(=O)c1c(NCc2cc(OC)c(OC)cc2OC)sc2c1CCCC2. The first-order valence-corrected chi connectivity index (χ1v) is 12.6. The van der Waals surface area contributed by atoms with E-state index >= 15 is 0 Å². The number of amides is 1. The lowest BCUT2D eigenvalue weighted by atomic mass is 9.95. The summed E-state index contributed by atoms with van der Waals surface area (Å²) in [6.45, 7) is 2.93. The fraction of sp³-hybridized carbons (Fsp3) is 0.370. The maximum absolute atomic E-state index is 13.6. The van der Waals surface area contributed by atoms with Gasteiger partial charge >= 0.3 is 0 Å². The van der Waals surface area contributed by atoms with Gasteiger partial charge < -0.3 is 29.6 Å². The Kier molecular flexibility index (Phi) is 8.02. The molecule has 0 bridgehead atoms. The standard InChI is InChI=1S/C27H32N2O5S/c1-5-34-20-12-8-7-11-19(20)29-26(30)25-18-10-6-9-13-24(18)35-27(25)28-16-17-14-22(32-3)23(33-4)15-21(17)31-2/h7-8,11-12,14-15,28H,5-6,9-10,13,16H2,1-4H3,(H,29,30). The Morgan fingerprint density at radius 1 is 0.943 bits per heavy atom. The molecule has 2 aromatic carbocycles. The molecular weight excluding hydrogens is 464 g/mol. The lowest BCUT2D eigenvalue weighted by Crippen LogP contribution is -2.17. The first kappa shape index (κ1) is 24.7. The van der Waals surface area contributed by atoms with Crippen molar-refractivity contribution >= 4 is 27.9 Å². The van der Waals surface area contributed by atoms with Crippen molar-refractivity contribution in [2.75, 3.05) is 38.6 Å². The molecular formula is C27H32N2O5S. The number of rotatable bonds is 10. The lowest BCUT2D eigenvalue weighted by molar-refractivity contribution is 0.102. The number of anilines is 2. The number of para-hydroxylation sites is 2. The smallest absolute Gasteiger partial charge is 0.259 e. The minimum Gasteiger partial charge on any atom is -0.496 e. The average Bonchev–Trinajstić information content (AvgIpc) is 3.26. The van der Waals surface area contributed by atoms with Gasteiger partial charge in [-0.15, -0.1) is 11.3 Å². The minimum atomic E-state index is -0.127. The van der Waals surface area contributed by atoms with E-state index in [1.807, 2.05) is 43.3 Å². The molecule has 2 N–H and O–H groups in total. The Hall–Kier alpha value is -3.39. The van der Waals surface area contributed by atoms with E-state index in [1.165, 1.54) is 4.88 Å². The number of carbonyl (C=O) groups is 1. The fourth-order valence-electron chi connectivity index (χ4n) is 4.37. The summed E-state index contributed by atoms with van der Waals surface area (Å²) in [6.07, 6.45) is 4.13. The molecule has 186 valence electrons. The molecule has 7 nitrogen and oxygen atoms in total. The maximum atomic E-state index is 13.6. The molecule has 1 aromatic heterocycles. The zero-order valence-electron chi connectivity index (χ0n) is 20.7. The fourth-order valence-corrected chi connectivity index (χ4v) is 5.66. The van der Waals surface area contributed by atoms with Crippen LogP contribution in [0.1, 0.15) is 46.1 Å². The predicted molar refractivity (Wildman–Crippen MR) is 140 cm³/mol. The Morgan fingerprint density at radius 2 is 1.66 bits per heavy atom. The molecule has 1 aliphatic carbocycles. The van der Waals surface area contributed by atoms with Gasteiger partial charge in [0.15, 0.2) is 11.5 Å². The van der Waals surface area contributed by atoms with Crippen LogP contribution >= 0.6 is 11.3 Å². The van der Waals surface area contributed by atoms with Gasteiger partial charge in [-0.1, -0.05) is 12.1 Å². The van der Waals surface area contributed by atoms with Gasteiger partial charge in [0.2, 0.25) is 0 Å². The van der Waals surface area contributed by atoms with Gasteiger partial charge in [0.05, 0.1) is 39.2 Å². The number of fused-ring (bicyclic) bond motifs is 1. The number of carbonyl (C=O) groups excluding carboxylic acids is 1. The molecule has 35 heavy (non-hydrogen) atoms. The molecule has 4 rings (SSSR count). The summed E-state index contributed by atoms with van der Waals surface area (Å²) in [5.74, 6) is 2.46. The van der Waals surface area contributed by atoms with Crippen LogP contribution in [0.25, 0.3) is 0 Å². The van der Waals surface area contributed by atoms with Crippen LogP contribution in [-0.4, -0.2) is 33.8 Å². The molecule has 0 unspecified atom stereocenters. The summed E-state index contributed by atoms with van der Waals surface area (Å²) in [6, 6.07) is 11.2. The van der Waals surface area contributed by atoms with Gasteiger partial charge in [-0.3, -0.25) is 4.79 Å². The van der Waals surface area contributed by atoms with E-state index in [2.05, 4.69) is 10.6 Å². The summed E-state index contributed by atoms with van der Waals surface area (Å²) < 4.78 is 22.2. The summed E-state index contributed by atoms with van der Waals surface area (Å²) in [7, 11) is 4.83. The van der Waals surface area contributed by atoms with Crippen molar-refractivity contribution in [2.45, 2.75) is 39.2 Å². The molecule has 0 spiro atoms. The van der Waals surface area contributed by atoms with Crippen molar-refractivity contribution in [2.24, 2.45) is 0 Å². The third kappa shape index (κ3) is 5.32. The Bertz CT molecular complexity index is 1190. The molecule has 1 heterocycles. The van der Waals surface area contributed by atoms with Crippen molar-refractivity contribution < 1.29 is 23.7 Å². The normalized spacial score (nSPS) is 12.5. The second kappa shape index (κ2) is 11.4. The van der Waals surface area contributed by atoms with Crippen molar-refractivity contribution in [3.05, 3.63) is 58.0 Å². The number of benzene rings is 2. The average molecular weight is 497 g/mol. The van der Waals surface area contributed by atoms with Crippen molar-refractivity contribution in [3.63, 3.8) is 0 Å². The summed E-state index contributed by atoms with van der Waals surface area (Å²) >= 11 is 1.67. The van der Waals surface area contributed by atoms with Gasteiger partial charge in [0.25, 0.3) is 5.91 Å². The highest BCUT2D eigenvalue weighted by atomic mass is 32.1. The van der Waals surface area contributed by atoms with Gasteiger partial charge in [-0.05, 0) is 56.4 Å². The molecule has 0 atom stereocenters. The number of ether oxygens (including phenoxy) is 4. The second-order valence-corrected chi connectivity index (χ2v) is 9.28. The number of hydrogen-bond acceptors (Lipinski definition) is 7. The highest BCUT2D eigenvalue weighted by molar-refractivity contribution is 7.16. The van der Waals surface area contributed by atoms with Gasteiger partial charge in [-0.25, -0.2) is 0 Å². The molecule has 0 saturated heterocycles. The van der Waals surface area contributed by atoms with Crippen molar-refractivity contribution in [1.82, 2.24) is 0 Å². The molecule has 0 radical (unpaired) electrons. The molecule has 3 aromatic rings. The number of methoxy groups -OCH3 is 3. The van der Waals surface area contributed by atoms with Crippen LogP contribution in [0.4, 0.5) is 10.7 Å². The largest absolute Gasteiger partial charge is 0.496 e. The Morgan fingerprint density at radius 3 is 2.40 bits per heavy atom. The summed E-state index contributed by atoms with van der Waals surface area (Å²) in [5, 5.41) is 7.45. The maximum Gasteiger partial charge on any atom is 0.259 e. The third-order valence-electron chi connectivity index (χ3n) is 6.06. The number of aryl methyl sites for hydroxylation is 1. The van der Waals surface area contributed by atoms with E-state index in [4.69, 9.17) is 18.9 Å². The van der Waals surface area contributed by atoms with Crippen LogP contribution in [0.5, 0.6) is 23.0 Å².